The lowest BCUT2D eigenvalue weighted by atomic mass is 10.5. The van der Waals surface area contributed by atoms with Crippen LogP contribution in [0.1, 0.15) is 13.8 Å². The van der Waals surface area contributed by atoms with Crippen molar-refractivity contribution in [3.63, 3.8) is 0 Å². The zero-order valence-electron chi connectivity index (χ0n) is 6.13. The zero-order chi connectivity index (χ0) is 8.57. The Morgan fingerprint density at radius 3 is 1.30 bits per heavy atom. The van der Waals surface area contributed by atoms with E-state index in [1.54, 1.807) is 0 Å². The quantitative estimate of drug-likeness (QED) is 0.534. The molecule has 0 radical (unpaired) electrons. The minimum atomic E-state index is -0.559. The first-order valence-electron chi connectivity index (χ1n) is 2.75. The molecule has 0 aliphatic heterocycles. The van der Waals surface area contributed by atoms with E-state index in [1.165, 1.54) is 13.8 Å². The van der Waals surface area contributed by atoms with E-state index in [4.69, 9.17) is 10.2 Å². The van der Waals surface area contributed by atoms with Crippen molar-refractivity contribution in [3.8, 4) is 0 Å². The number of aliphatic hydroxyl groups excluding tert-OH is 2. The van der Waals surface area contributed by atoms with Gasteiger partial charge in [0.25, 0.3) is 0 Å². The van der Waals surface area contributed by atoms with Crippen molar-refractivity contribution >= 4 is 11.6 Å². The van der Waals surface area contributed by atoms with Gasteiger partial charge in [0.2, 0.25) is 0 Å². The first kappa shape index (κ1) is 12.0. The molecule has 0 bridgehead atoms. The van der Waals surface area contributed by atoms with E-state index < -0.39 is 19.0 Å². The average Bonchev–Trinajstić information content (AvgIpc) is 1.85. The first-order valence-corrected chi connectivity index (χ1v) is 2.75. The molecule has 60 valence electrons. The van der Waals surface area contributed by atoms with Gasteiger partial charge in [-0.15, -0.1) is 0 Å². The molecular weight excluding hydrogens is 136 g/mol. The Kier molecular flexibility index (Phi) is 9.90. The van der Waals surface area contributed by atoms with E-state index in [9.17, 15) is 9.59 Å². The highest BCUT2D eigenvalue weighted by atomic mass is 16.3. The van der Waals surface area contributed by atoms with Crippen LogP contribution in [-0.4, -0.2) is 35.0 Å². The van der Waals surface area contributed by atoms with Gasteiger partial charge >= 0.3 is 0 Å². The van der Waals surface area contributed by atoms with Gasteiger partial charge in [0.05, 0.1) is 0 Å². The summed E-state index contributed by atoms with van der Waals surface area (Å²) in [6, 6.07) is 0. The highest BCUT2D eigenvalue weighted by Crippen LogP contribution is 1.59. The minimum Gasteiger partial charge on any atom is -0.388 e. The van der Waals surface area contributed by atoms with Crippen LogP contribution in [0.4, 0.5) is 0 Å². The SMILES string of the molecule is CC(C)=O.O=C(CO)CO. The molecule has 0 atom stereocenters. The third-order valence-electron chi connectivity index (χ3n) is 0.353. The molecule has 0 fully saturated rings. The number of carbonyl (C=O) groups excluding carboxylic acids is 2. The van der Waals surface area contributed by atoms with Crippen LogP contribution in [0.5, 0.6) is 0 Å². The number of rotatable bonds is 2. The molecule has 0 unspecified atom stereocenters. The van der Waals surface area contributed by atoms with Crippen molar-refractivity contribution in [2.45, 2.75) is 13.8 Å². The van der Waals surface area contributed by atoms with Crippen LogP contribution in [0.3, 0.4) is 0 Å². The van der Waals surface area contributed by atoms with Crippen molar-refractivity contribution < 1.29 is 19.8 Å². The van der Waals surface area contributed by atoms with Gasteiger partial charge in [0, 0.05) is 0 Å². The number of hydrogen-bond donors (Lipinski definition) is 2. The lowest BCUT2D eigenvalue weighted by Gasteiger charge is -1.81. The Morgan fingerprint density at radius 2 is 1.30 bits per heavy atom. The summed E-state index contributed by atoms with van der Waals surface area (Å²) in [5.41, 5.74) is 0. The molecule has 0 aromatic rings. The van der Waals surface area contributed by atoms with Crippen LogP contribution in [0, 0.1) is 0 Å². The lowest BCUT2D eigenvalue weighted by molar-refractivity contribution is -0.124. The zero-order valence-corrected chi connectivity index (χ0v) is 6.13. The Bertz CT molecular complexity index is 98.3. The summed E-state index contributed by atoms with van der Waals surface area (Å²) in [7, 11) is 0. The van der Waals surface area contributed by atoms with Crippen LogP contribution in [0.15, 0.2) is 0 Å². The molecule has 4 nitrogen and oxygen atoms in total. The molecule has 0 aliphatic rings. The number of hydrogen-bond acceptors (Lipinski definition) is 4. The van der Waals surface area contributed by atoms with Crippen LogP contribution >= 0.6 is 0 Å². The van der Waals surface area contributed by atoms with Gasteiger partial charge in [-0.25, -0.2) is 0 Å². The van der Waals surface area contributed by atoms with Gasteiger partial charge in [-0.05, 0) is 13.8 Å². The Labute approximate surface area is 59.5 Å². The van der Waals surface area contributed by atoms with Crippen molar-refractivity contribution in [1.82, 2.24) is 0 Å². The molecule has 0 saturated heterocycles. The molecule has 0 aliphatic carbocycles. The third kappa shape index (κ3) is 26.8. The molecule has 0 rings (SSSR count). The monoisotopic (exact) mass is 148 g/mol. The Hall–Kier alpha value is -0.740. The molecular formula is C6H12O4. The molecule has 0 saturated carbocycles. The predicted octanol–water partition coefficient (Wildman–Crippen LogP) is -0.865. The van der Waals surface area contributed by atoms with E-state index in [0.29, 0.717) is 0 Å². The first-order chi connectivity index (χ1) is 4.54. The average molecular weight is 148 g/mol. The fourth-order valence-corrected chi connectivity index (χ4v) is 0.0500. The maximum absolute atomic E-state index is 9.68. The highest BCUT2D eigenvalue weighted by Gasteiger charge is 1.89. The number of aliphatic hydroxyl groups is 2. The number of carbonyl (C=O) groups is 2. The number of ketones is 2. The van der Waals surface area contributed by atoms with Gasteiger partial charge < -0.3 is 15.0 Å². The third-order valence-corrected chi connectivity index (χ3v) is 0.353. The van der Waals surface area contributed by atoms with Gasteiger partial charge in [-0.3, -0.25) is 4.79 Å². The van der Waals surface area contributed by atoms with E-state index in [2.05, 4.69) is 0 Å². The topological polar surface area (TPSA) is 74.6 Å². The maximum atomic E-state index is 9.68. The van der Waals surface area contributed by atoms with E-state index in [0.717, 1.165) is 0 Å². The Morgan fingerprint density at radius 1 is 1.10 bits per heavy atom. The van der Waals surface area contributed by atoms with Crippen LogP contribution in [0.25, 0.3) is 0 Å². The van der Waals surface area contributed by atoms with Crippen molar-refractivity contribution in [2.75, 3.05) is 13.2 Å². The summed E-state index contributed by atoms with van der Waals surface area (Å²) >= 11 is 0. The molecule has 0 aromatic carbocycles. The van der Waals surface area contributed by atoms with Gasteiger partial charge in [-0.1, -0.05) is 0 Å². The van der Waals surface area contributed by atoms with E-state index in [1.807, 2.05) is 0 Å². The summed E-state index contributed by atoms with van der Waals surface area (Å²) in [6.07, 6.45) is 0. The second-order valence-electron chi connectivity index (χ2n) is 1.76. The van der Waals surface area contributed by atoms with Gasteiger partial charge in [0.1, 0.15) is 19.0 Å². The summed E-state index contributed by atoms with van der Waals surface area (Å²) in [6.45, 7) is 1.94. The molecule has 4 heteroatoms. The standard InChI is InChI=1S/C3H6O3.C3H6O/c4-1-3(6)2-5;1-3(2)4/h4-5H,1-2H2;1-2H3. The fraction of sp³-hybridized carbons (Fsp3) is 0.667. The molecule has 0 spiro atoms. The summed E-state index contributed by atoms with van der Waals surface area (Å²) < 4.78 is 0. The summed E-state index contributed by atoms with van der Waals surface area (Å²) in [4.78, 5) is 19.1. The van der Waals surface area contributed by atoms with Gasteiger partial charge in [0.15, 0.2) is 5.78 Å². The molecule has 0 heterocycles. The van der Waals surface area contributed by atoms with Crippen molar-refractivity contribution in [3.05, 3.63) is 0 Å². The largest absolute Gasteiger partial charge is 0.388 e. The van der Waals surface area contributed by atoms with Crippen molar-refractivity contribution in [1.29, 1.82) is 0 Å². The lowest BCUT2D eigenvalue weighted by Crippen LogP contribution is -2.07. The second-order valence-corrected chi connectivity index (χ2v) is 1.76. The summed E-state index contributed by atoms with van der Waals surface area (Å²) in [5.74, 6) is -0.380. The predicted molar refractivity (Wildman–Crippen MR) is 35.5 cm³/mol. The van der Waals surface area contributed by atoms with Gasteiger partial charge in [-0.2, -0.15) is 0 Å². The molecule has 2 N–H and O–H groups in total. The summed E-state index contributed by atoms with van der Waals surface area (Å²) in [5, 5.41) is 15.7. The van der Waals surface area contributed by atoms with E-state index >= 15 is 0 Å². The molecule has 0 amide bonds. The van der Waals surface area contributed by atoms with Crippen LogP contribution in [0.2, 0.25) is 0 Å². The maximum Gasteiger partial charge on any atom is 0.183 e. The van der Waals surface area contributed by atoms with Crippen LogP contribution in [-0.2, 0) is 9.59 Å². The molecule has 10 heavy (non-hydrogen) atoms. The normalized spacial score (nSPS) is 7.60. The van der Waals surface area contributed by atoms with Crippen LogP contribution < -0.4 is 0 Å². The molecule has 0 aromatic heterocycles. The smallest absolute Gasteiger partial charge is 0.183 e. The fourth-order valence-electron chi connectivity index (χ4n) is 0.0500. The number of Topliss-reactive ketones (excluding diaryl/α,β-unsaturated/α-hetero) is 2. The Balaban J connectivity index is 0. The highest BCUT2D eigenvalue weighted by molar-refractivity contribution is 5.80. The minimum absolute atomic E-state index is 0.167. The van der Waals surface area contributed by atoms with E-state index in [-0.39, 0.29) is 5.78 Å². The van der Waals surface area contributed by atoms with Crippen molar-refractivity contribution in [2.24, 2.45) is 0 Å². The second kappa shape index (κ2) is 8.26.